The van der Waals surface area contributed by atoms with Gasteiger partial charge in [0.25, 0.3) is 0 Å². The molecule has 1 aliphatic heterocycles. The Morgan fingerprint density at radius 1 is 1.37 bits per heavy atom. The number of rotatable bonds is 4. The van der Waals surface area contributed by atoms with Gasteiger partial charge in [0.05, 0.1) is 0 Å². The summed E-state index contributed by atoms with van der Waals surface area (Å²) in [7, 11) is 0. The summed E-state index contributed by atoms with van der Waals surface area (Å²) in [5, 5.41) is 8.96. The van der Waals surface area contributed by atoms with Crippen LogP contribution in [0.2, 0.25) is 0 Å². The fraction of sp³-hybridized carbons (Fsp3) is 0.938. The molecule has 1 heterocycles. The number of carboxylic acid groups (broad SMARTS) is 1. The number of carboxylic acids is 1. The van der Waals surface area contributed by atoms with Gasteiger partial charge in [-0.15, -0.1) is 0 Å². The van der Waals surface area contributed by atoms with Gasteiger partial charge in [0.2, 0.25) is 0 Å². The van der Waals surface area contributed by atoms with Gasteiger partial charge in [-0.1, -0.05) is 27.2 Å². The van der Waals surface area contributed by atoms with Crippen LogP contribution in [-0.2, 0) is 4.79 Å². The number of aliphatic carboxylic acids is 1. The van der Waals surface area contributed by atoms with E-state index >= 15 is 0 Å². The first-order chi connectivity index (χ1) is 8.90. The lowest BCUT2D eigenvalue weighted by molar-refractivity contribution is -0.138. The van der Waals surface area contributed by atoms with Gasteiger partial charge in [-0.05, 0) is 49.5 Å². The number of nitrogens with zero attached hydrogens (tertiary/aromatic N) is 1. The van der Waals surface area contributed by atoms with Gasteiger partial charge >= 0.3 is 5.97 Å². The van der Waals surface area contributed by atoms with Crippen molar-refractivity contribution in [1.29, 1.82) is 0 Å². The van der Waals surface area contributed by atoms with Gasteiger partial charge in [0, 0.05) is 19.0 Å². The summed E-state index contributed by atoms with van der Waals surface area (Å²) in [6.07, 6.45) is 6.78. The van der Waals surface area contributed by atoms with Gasteiger partial charge in [0.1, 0.15) is 0 Å². The number of hydrogen-bond acceptors (Lipinski definition) is 2. The molecule has 0 spiro atoms. The van der Waals surface area contributed by atoms with Gasteiger partial charge in [-0.25, -0.2) is 0 Å². The molecule has 2 rings (SSSR count). The maximum atomic E-state index is 10.9. The lowest BCUT2D eigenvalue weighted by Crippen LogP contribution is -2.48. The van der Waals surface area contributed by atoms with Crippen LogP contribution in [-0.4, -0.2) is 35.1 Å². The second-order valence-electron chi connectivity index (χ2n) is 7.37. The number of carbonyl (C=O) groups is 1. The quantitative estimate of drug-likeness (QED) is 0.849. The predicted octanol–water partition coefficient (Wildman–Crippen LogP) is 3.39. The molecule has 1 N–H and O–H groups in total. The molecular weight excluding hydrogens is 238 g/mol. The zero-order valence-electron chi connectivity index (χ0n) is 12.7. The zero-order chi connectivity index (χ0) is 14.0. The molecule has 3 atom stereocenters. The van der Waals surface area contributed by atoms with E-state index in [4.69, 9.17) is 5.11 Å². The predicted molar refractivity (Wildman–Crippen MR) is 77.1 cm³/mol. The number of hydrogen-bond donors (Lipinski definition) is 1. The average molecular weight is 267 g/mol. The van der Waals surface area contributed by atoms with E-state index in [1.165, 1.54) is 38.6 Å². The second kappa shape index (κ2) is 5.82. The molecule has 0 aromatic heterocycles. The van der Waals surface area contributed by atoms with Crippen molar-refractivity contribution in [3.8, 4) is 0 Å². The molecule has 0 aromatic rings. The van der Waals surface area contributed by atoms with E-state index in [0.29, 0.717) is 29.7 Å². The summed E-state index contributed by atoms with van der Waals surface area (Å²) < 4.78 is 0. The van der Waals surface area contributed by atoms with Crippen LogP contribution >= 0.6 is 0 Å². The molecule has 1 aliphatic carbocycles. The molecule has 0 aromatic carbocycles. The van der Waals surface area contributed by atoms with Crippen LogP contribution in [0.25, 0.3) is 0 Å². The van der Waals surface area contributed by atoms with Crippen LogP contribution in [0, 0.1) is 17.3 Å². The van der Waals surface area contributed by atoms with Crippen molar-refractivity contribution in [2.75, 3.05) is 13.1 Å². The Morgan fingerprint density at radius 3 is 2.68 bits per heavy atom. The van der Waals surface area contributed by atoms with Gasteiger partial charge in [-0.3, -0.25) is 9.69 Å². The van der Waals surface area contributed by atoms with E-state index < -0.39 is 5.97 Å². The molecule has 3 heteroatoms. The summed E-state index contributed by atoms with van der Waals surface area (Å²) in [6.45, 7) is 9.24. The standard InChI is InChI=1S/C16H29NO2/c1-12(10-15(18)19)13-6-5-9-17(11-13)14-7-4-8-16(14,2)3/h12-14H,4-11H2,1-3H3,(H,18,19). The maximum absolute atomic E-state index is 10.9. The number of likely N-dealkylation sites (tertiary alicyclic amines) is 1. The highest BCUT2D eigenvalue weighted by atomic mass is 16.4. The average Bonchev–Trinajstić information content (AvgIpc) is 2.68. The Morgan fingerprint density at radius 2 is 2.11 bits per heavy atom. The third-order valence-corrected chi connectivity index (χ3v) is 5.43. The maximum Gasteiger partial charge on any atom is 0.303 e. The fourth-order valence-electron chi connectivity index (χ4n) is 4.22. The Hall–Kier alpha value is -0.570. The normalized spacial score (nSPS) is 33.2. The largest absolute Gasteiger partial charge is 0.481 e. The minimum absolute atomic E-state index is 0.310. The third kappa shape index (κ3) is 3.50. The lowest BCUT2D eigenvalue weighted by Gasteiger charge is -2.43. The molecule has 3 nitrogen and oxygen atoms in total. The second-order valence-corrected chi connectivity index (χ2v) is 7.37. The smallest absolute Gasteiger partial charge is 0.303 e. The summed E-state index contributed by atoms with van der Waals surface area (Å²) >= 11 is 0. The summed E-state index contributed by atoms with van der Waals surface area (Å²) in [6, 6.07) is 0.715. The van der Waals surface area contributed by atoms with Crippen LogP contribution in [0.15, 0.2) is 0 Å². The Balaban J connectivity index is 1.95. The Kier molecular flexibility index (Phi) is 4.54. The van der Waals surface area contributed by atoms with Crippen LogP contribution in [0.5, 0.6) is 0 Å². The number of piperidine rings is 1. The highest BCUT2D eigenvalue weighted by Crippen LogP contribution is 2.42. The summed E-state index contributed by atoms with van der Waals surface area (Å²) in [5.41, 5.74) is 0.442. The third-order valence-electron chi connectivity index (χ3n) is 5.43. The fourth-order valence-corrected chi connectivity index (χ4v) is 4.22. The first-order valence-corrected chi connectivity index (χ1v) is 7.86. The van der Waals surface area contributed by atoms with Gasteiger partial charge < -0.3 is 5.11 Å². The van der Waals surface area contributed by atoms with Crippen molar-refractivity contribution >= 4 is 5.97 Å². The first-order valence-electron chi connectivity index (χ1n) is 7.86. The molecular formula is C16H29NO2. The molecule has 110 valence electrons. The van der Waals surface area contributed by atoms with E-state index in [2.05, 4.69) is 25.7 Å². The highest BCUT2D eigenvalue weighted by molar-refractivity contribution is 5.67. The topological polar surface area (TPSA) is 40.5 Å². The van der Waals surface area contributed by atoms with E-state index in [-0.39, 0.29) is 0 Å². The first kappa shape index (κ1) is 14.8. The summed E-state index contributed by atoms with van der Waals surface area (Å²) in [4.78, 5) is 13.5. The highest BCUT2D eigenvalue weighted by Gasteiger charge is 2.40. The van der Waals surface area contributed by atoms with Crippen LogP contribution in [0.1, 0.15) is 59.3 Å². The lowest BCUT2D eigenvalue weighted by atomic mass is 9.81. The monoisotopic (exact) mass is 267 g/mol. The van der Waals surface area contributed by atoms with E-state index in [9.17, 15) is 4.79 Å². The minimum Gasteiger partial charge on any atom is -0.481 e. The van der Waals surface area contributed by atoms with Crippen LogP contribution in [0.4, 0.5) is 0 Å². The van der Waals surface area contributed by atoms with E-state index in [0.717, 1.165) is 6.54 Å². The van der Waals surface area contributed by atoms with E-state index in [1.54, 1.807) is 0 Å². The van der Waals surface area contributed by atoms with Crippen molar-refractivity contribution in [2.45, 2.75) is 65.3 Å². The van der Waals surface area contributed by atoms with Crippen molar-refractivity contribution in [3.05, 3.63) is 0 Å². The molecule has 0 radical (unpaired) electrons. The molecule has 3 unspecified atom stereocenters. The molecule has 2 aliphatic rings. The SMILES string of the molecule is CC(CC(=O)O)C1CCCN(C2CCCC2(C)C)C1. The van der Waals surface area contributed by atoms with E-state index in [1.807, 2.05) is 0 Å². The molecule has 1 saturated heterocycles. The minimum atomic E-state index is -0.647. The van der Waals surface area contributed by atoms with Gasteiger partial charge in [-0.2, -0.15) is 0 Å². The summed E-state index contributed by atoms with van der Waals surface area (Å²) in [5.74, 6) is 0.233. The van der Waals surface area contributed by atoms with Crippen molar-refractivity contribution in [1.82, 2.24) is 4.90 Å². The Bertz CT molecular complexity index is 327. The molecule has 0 amide bonds. The Labute approximate surface area is 117 Å². The van der Waals surface area contributed by atoms with Gasteiger partial charge in [0.15, 0.2) is 0 Å². The zero-order valence-corrected chi connectivity index (χ0v) is 12.7. The molecule has 0 bridgehead atoms. The van der Waals surface area contributed by atoms with Crippen LogP contribution in [0.3, 0.4) is 0 Å². The molecule has 1 saturated carbocycles. The van der Waals surface area contributed by atoms with Crippen molar-refractivity contribution in [2.24, 2.45) is 17.3 Å². The van der Waals surface area contributed by atoms with Crippen LogP contribution < -0.4 is 0 Å². The van der Waals surface area contributed by atoms with Crippen molar-refractivity contribution < 1.29 is 9.90 Å². The molecule has 19 heavy (non-hydrogen) atoms. The van der Waals surface area contributed by atoms with Crippen molar-refractivity contribution in [3.63, 3.8) is 0 Å². The molecule has 2 fully saturated rings.